The number of amides is 4. The Hall–Kier alpha value is -5.73. The Kier molecular flexibility index (Phi) is 26.4. The molecule has 11 N–H and O–H groups in total. The molecule has 2 unspecified atom stereocenters. The first kappa shape index (κ1) is 58.6. The lowest BCUT2D eigenvalue weighted by atomic mass is 9.98. The molecule has 3 aromatic rings. The number of nitrogens with one attached hydrogen (secondary N) is 6. The highest BCUT2D eigenvalue weighted by molar-refractivity contribution is 5.98. The first-order valence-electron chi connectivity index (χ1n) is 24.5. The fourth-order valence-electron chi connectivity index (χ4n) is 7.53. The summed E-state index contributed by atoms with van der Waals surface area (Å²) in [4.78, 5) is 70.0. The number of nitrogens with zero attached hydrogens (tertiary/aromatic N) is 1. The van der Waals surface area contributed by atoms with Crippen molar-refractivity contribution in [3.63, 3.8) is 0 Å². The molecule has 0 saturated heterocycles. The number of allylic oxidation sites excluding steroid dienone is 4. The second kappa shape index (κ2) is 31.5. The Morgan fingerprint density at radius 3 is 1.73 bits per heavy atom. The van der Waals surface area contributed by atoms with Gasteiger partial charge in [-0.15, -0.1) is 0 Å². The minimum atomic E-state index is -0.847. The van der Waals surface area contributed by atoms with Crippen LogP contribution in [0.3, 0.4) is 0 Å². The van der Waals surface area contributed by atoms with E-state index in [1.807, 2.05) is 60.9 Å². The summed E-state index contributed by atoms with van der Waals surface area (Å²) in [5.41, 5.74) is 13.5. The number of methoxy groups -OCH3 is 1. The second-order valence-corrected chi connectivity index (χ2v) is 18.0. The molecule has 0 aliphatic carbocycles. The van der Waals surface area contributed by atoms with Crippen molar-refractivity contribution in [1.82, 2.24) is 36.8 Å². The molecule has 4 amide bonds. The minimum absolute atomic E-state index is 0.0417. The van der Waals surface area contributed by atoms with Gasteiger partial charge >= 0.3 is 0 Å². The van der Waals surface area contributed by atoms with Crippen LogP contribution in [-0.2, 0) is 32.0 Å². The molecule has 0 fully saturated rings. The van der Waals surface area contributed by atoms with Crippen LogP contribution in [0.5, 0.6) is 23.0 Å². The molecular formula is C51H81N9O10. The van der Waals surface area contributed by atoms with Gasteiger partial charge < -0.3 is 72.0 Å². The smallest absolute Gasteiger partial charge is 0.258 e. The summed E-state index contributed by atoms with van der Waals surface area (Å²) in [6, 6.07) is 1.20. The van der Waals surface area contributed by atoms with Crippen LogP contribution in [0.2, 0.25) is 0 Å². The zero-order valence-corrected chi connectivity index (χ0v) is 42.8. The Morgan fingerprint density at radius 2 is 1.21 bits per heavy atom. The van der Waals surface area contributed by atoms with Gasteiger partial charge in [-0.2, -0.15) is 0 Å². The van der Waals surface area contributed by atoms with E-state index in [1.54, 1.807) is 0 Å². The molecule has 0 aliphatic rings. The van der Waals surface area contributed by atoms with Crippen LogP contribution in [0.15, 0.2) is 44.6 Å². The van der Waals surface area contributed by atoms with Gasteiger partial charge in [-0.25, -0.2) is 0 Å². The van der Waals surface area contributed by atoms with Gasteiger partial charge in [-0.3, -0.25) is 24.0 Å². The Balaban J connectivity index is 1.97. The lowest BCUT2D eigenvalue weighted by Crippen LogP contribution is -2.48. The number of hydrogen-bond donors (Lipinski definition) is 9. The van der Waals surface area contributed by atoms with Crippen LogP contribution in [0, 0.1) is 0 Å². The van der Waals surface area contributed by atoms with E-state index in [2.05, 4.69) is 36.8 Å². The second-order valence-electron chi connectivity index (χ2n) is 18.0. The molecule has 0 spiro atoms. The normalized spacial score (nSPS) is 12.0. The first-order chi connectivity index (χ1) is 33.6. The molecule has 390 valence electrons. The molecular weight excluding hydrogens is 899 g/mol. The Bertz CT molecular complexity index is 2290. The molecule has 2 aromatic carbocycles. The number of carbonyl (C=O) groups is 4. The maximum Gasteiger partial charge on any atom is 0.258 e. The van der Waals surface area contributed by atoms with Crippen molar-refractivity contribution in [2.24, 2.45) is 11.5 Å². The molecule has 1 aromatic heterocycles. The van der Waals surface area contributed by atoms with Crippen molar-refractivity contribution in [2.75, 3.05) is 93.3 Å². The quantitative estimate of drug-likeness (QED) is 0.0237. The van der Waals surface area contributed by atoms with E-state index >= 15 is 0 Å². The number of nitrogens with two attached hydrogens (primary N) is 2. The van der Waals surface area contributed by atoms with Crippen LogP contribution in [0.25, 0.3) is 21.9 Å². The van der Waals surface area contributed by atoms with Gasteiger partial charge in [0.25, 0.3) is 11.8 Å². The third-order valence-corrected chi connectivity index (χ3v) is 11.2. The summed E-state index contributed by atoms with van der Waals surface area (Å²) < 4.78 is 24.4. The van der Waals surface area contributed by atoms with E-state index in [-0.39, 0.29) is 75.2 Å². The zero-order valence-electron chi connectivity index (χ0n) is 42.8. The number of ether oxygens (including phenoxy) is 3. The van der Waals surface area contributed by atoms with Crippen molar-refractivity contribution in [1.29, 1.82) is 0 Å². The van der Waals surface area contributed by atoms with E-state index in [9.17, 15) is 29.1 Å². The van der Waals surface area contributed by atoms with Gasteiger partial charge in [0.1, 0.15) is 40.1 Å². The number of rotatable bonds is 34. The number of hydrogen-bond acceptors (Lipinski definition) is 15. The van der Waals surface area contributed by atoms with E-state index in [0.29, 0.717) is 63.8 Å². The molecule has 0 bridgehead atoms. The zero-order chi connectivity index (χ0) is 51.6. The summed E-state index contributed by atoms with van der Waals surface area (Å²) in [6.07, 6.45) is 8.21. The lowest BCUT2D eigenvalue weighted by molar-refractivity contribution is -0.130. The third-order valence-electron chi connectivity index (χ3n) is 11.2. The van der Waals surface area contributed by atoms with Gasteiger partial charge in [0.15, 0.2) is 24.7 Å². The van der Waals surface area contributed by atoms with Crippen LogP contribution in [-0.4, -0.2) is 139 Å². The monoisotopic (exact) mass is 980 g/mol. The summed E-state index contributed by atoms with van der Waals surface area (Å²) >= 11 is 0. The SMILES string of the molecule is CCNCCCNC(=O)C(CCCN)NC(=O)COc1cc2oc3cc(OCC(=O)NC(CCCN)C(=O)NCCCNCCCN(C)C)c(OC)c(CC=C(C)C)c3c(=O)c2c(O)c1CC=C(C)C. The predicted octanol–water partition coefficient (Wildman–Crippen LogP) is 3.05. The maximum atomic E-state index is 14.7. The Morgan fingerprint density at radius 1 is 0.714 bits per heavy atom. The highest BCUT2D eigenvalue weighted by Gasteiger charge is 2.27. The fraction of sp³-hybridized carbons (Fsp3) is 0.588. The van der Waals surface area contributed by atoms with Gasteiger partial charge in [0.2, 0.25) is 17.2 Å². The van der Waals surface area contributed by atoms with Crippen LogP contribution < -0.4 is 63.0 Å². The molecule has 19 heteroatoms. The number of phenolic OH excluding ortho intramolecular Hbond substituents is 1. The van der Waals surface area contributed by atoms with Crippen LogP contribution in [0.4, 0.5) is 0 Å². The summed E-state index contributed by atoms with van der Waals surface area (Å²) in [5, 5.41) is 29.8. The first-order valence-corrected chi connectivity index (χ1v) is 24.5. The number of carbonyl (C=O) groups excluding carboxylic acids is 4. The average molecular weight is 980 g/mol. The third kappa shape index (κ3) is 19.2. The van der Waals surface area contributed by atoms with Gasteiger partial charge in [0, 0.05) is 36.3 Å². The summed E-state index contributed by atoms with van der Waals surface area (Å²) in [6.45, 7) is 14.2. The number of benzene rings is 2. The highest BCUT2D eigenvalue weighted by Crippen LogP contribution is 2.41. The molecule has 19 nitrogen and oxygen atoms in total. The van der Waals surface area contributed by atoms with Gasteiger partial charge in [-0.05, 0) is 145 Å². The number of fused-ring (bicyclic) bond motifs is 2. The van der Waals surface area contributed by atoms with E-state index in [1.165, 1.54) is 19.2 Å². The number of aromatic hydroxyl groups is 1. The van der Waals surface area contributed by atoms with Crippen LogP contribution >= 0.6 is 0 Å². The standard InChI is InChI=1S/C51H81N9O10/c1-9-54-23-12-26-56-50(65)37(15-10-21-52)58-43(61)31-68-39-29-41-46(47(63)35(39)19-17-33(2)3)48(64)45-36(20-18-34(4)5)49(67-8)42(30-40(45)70-41)69-32-44(62)59-38(16-11-22-53)51(66)57-27-13-24-55-25-14-28-60(6)7/h17-18,29-30,37-38,54-55,63H,9-16,19-28,31-32,52-53H2,1-8H3,(H,56,65)(H,57,66)(H,58,61)(H,59,62). The van der Waals surface area contributed by atoms with Crippen molar-refractivity contribution >= 4 is 45.6 Å². The van der Waals surface area contributed by atoms with Crippen molar-refractivity contribution < 1.29 is 42.9 Å². The highest BCUT2D eigenvalue weighted by atomic mass is 16.5. The van der Waals surface area contributed by atoms with Gasteiger partial charge in [-0.1, -0.05) is 30.2 Å². The summed E-state index contributed by atoms with van der Waals surface area (Å²) in [5.74, 6) is -1.85. The van der Waals surface area contributed by atoms with Crippen molar-refractivity contribution in [3.8, 4) is 23.0 Å². The molecule has 1 heterocycles. The molecule has 0 aliphatic heterocycles. The van der Waals surface area contributed by atoms with Crippen molar-refractivity contribution in [3.05, 3.63) is 56.8 Å². The minimum Gasteiger partial charge on any atom is -0.507 e. The molecule has 0 radical (unpaired) electrons. The molecule has 70 heavy (non-hydrogen) atoms. The largest absolute Gasteiger partial charge is 0.507 e. The molecule has 3 rings (SSSR count). The van der Waals surface area contributed by atoms with Crippen LogP contribution in [0.1, 0.15) is 90.7 Å². The molecule has 2 atom stereocenters. The topological polar surface area (TPSA) is 274 Å². The average Bonchev–Trinajstić information content (AvgIpc) is 3.31. The fourth-order valence-corrected chi connectivity index (χ4v) is 7.53. The lowest BCUT2D eigenvalue weighted by Gasteiger charge is -2.20. The van der Waals surface area contributed by atoms with Crippen molar-refractivity contribution in [2.45, 2.75) is 104 Å². The number of phenols is 1. The summed E-state index contributed by atoms with van der Waals surface area (Å²) in [7, 11) is 5.48. The van der Waals surface area contributed by atoms with E-state index < -0.39 is 42.5 Å². The molecule has 0 saturated carbocycles. The predicted molar refractivity (Wildman–Crippen MR) is 276 cm³/mol. The Labute approximate surface area is 413 Å². The van der Waals surface area contributed by atoms with E-state index in [0.717, 1.165) is 56.7 Å². The van der Waals surface area contributed by atoms with Gasteiger partial charge in [0.05, 0.1) is 12.5 Å². The maximum absolute atomic E-state index is 14.7. The van der Waals surface area contributed by atoms with E-state index in [4.69, 9.17) is 30.1 Å².